The third-order valence-corrected chi connectivity index (χ3v) is 6.06. The van der Waals surface area contributed by atoms with E-state index in [0.29, 0.717) is 37.5 Å². The molecule has 4 rings (SSSR count). The highest BCUT2D eigenvalue weighted by Gasteiger charge is 2.36. The van der Waals surface area contributed by atoms with Gasteiger partial charge in [0.25, 0.3) is 5.91 Å². The van der Waals surface area contributed by atoms with Gasteiger partial charge < -0.3 is 14.8 Å². The SMILES string of the molecule is CC(C)CCNC(=O)C1c2cccn2Cc2ccccc2C(=O)N1CCc1ccccc1. The molecular weight excluding hydrogens is 398 g/mol. The van der Waals surface area contributed by atoms with Crippen molar-refractivity contribution < 1.29 is 9.59 Å². The number of benzene rings is 2. The van der Waals surface area contributed by atoms with Crippen molar-refractivity contribution in [2.75, 3.05) is 13.1 Å². The summed E-state index contributed by atoms with van der Waals surface area (Å²) in [6.45, 7) is 5.92. The molecular formula is C27H31N3O2. The van der Waals surface area contributed by atoms with Gasteiger partial charge in [-0.1, -0.05) is 62.4 Å². The molecule has 0 saturated carbocycles. The largest absolute Gasteiger partial charge is 0.354 e. The first kappa shape index (κ1) is 21.9. The van der Waals surface area contributed by atoms with Gasteiger partial charge in [0, 0.05) is 31.4 Å². The van der Waals surface area contributed by atoms with E-state index in [1.54, 1.807) is 4.90 Å². The average molecular weight is 430 g/mol. The van der Waals surface area contributed by atoms with E-state index in [2.05, 4.69) is 35.9 Å². The van der Waals surface area contributed by atoms with E-state index in [1.165, 1.54) is 0 Å². The molecule has 0 radical (unpaired) electrons. The number of hydrogen-bond donors (Lipinski definition) is 1. The Hall–Kier alpha value is -3.34. The van der Waals surface area contributed by atoms with Gasteiger partial charge in [0.05, 0.1) is 5.69 Å². The Bertz CT molecular complexity index is 1070. The van der Waals surface area contributed by atoms with Crippen molar-refractivity contribution in [3.63, 3.8) is 0 Å². The molecule has 2 amide bonds. The fourth-order valence-corrected chi connectivity index (χ4v) is 4.28. The maximum Gasteiger partial charge on any atom is 0.255 e. The highest BCUT2D eigenvalue weighted by molar-refractivity contribution is 5.99. The van der Waals surface area contributed by atoms with E-state index in [4.69, 9.17) is 0 Å². The normalized spacial score (nSPS) is 15.7. The van der Waals surface area contributed by atoms with Crippen LogP contribution in [0.5, 0.6) is 0 Å². The van der Waals surface area contributed by atoms with E-state index < -0.39 is 6.04 Å². The molecule has 5 heteroatoms. The summed E-state index contributed by atoms with van der Waals surface area (Å²) in [7, 11) is 0. The van der Waals surface area contributed by atoms with Crippen LogP contribution >= 0.6 is 0 Å². The lowest BCUT2D eigenvalue weighted by Gasteiger charge is -2.34. The molecule has 166 valence electrons. The Morgan fingerprint density at radius 2 is 1.78 bits per heavy atom. The van der Waals surface area contributed by atoms with Gasteiger partial charge in [-0.15, -0.1) is 0 Å². The number of fused-ring (bicyclic) bond motifs is 2. The summed E-state index contributed by atoms with van der Waals surface area (Å²) in [5.74, 6) is 0.290. The Balaban J connectivity index is 1.71. The Morgan fingerprint density at radius 3 is 2.56 bits per heavy atom. The lowest BCUT2D eigenvalue weighted by molar-refractivity contribution is -0.126. The number of carbonyl (C=O) groups excluding carboxylic acids is 2. The summed E-state index contributed by atoms with van der Waals surface area (Å²) >= 11 is 0. The molecule has 2 aromatic carbocycles. The van der Waals surface area contributed by atoms with Crippen molar-refractivity contribution in [2.24, 2.45) is 5.92 Å². The number of rotatable bonds is 7. The molecule has 0 saturated heterocycles. The van der Waals surface area contributed by atoms with Gasteiger partial charge in [-0.2, -0.15) is 0 Å². The fourth-order valence-electron chi connectivity index (χ4n) is 4.28. The lowest BCUT2D eigenvalue weighted by Crippen LogP contribution is -2.46. The summed E-state index contributed by atoms with van der Waals surface area (Å²) in [4.78, 5) is 29.0. The van der Waals surface area contributed by atoms with E-state index in [-0.39, 0.29) is 11.8 Å². The Labute approximate surface area is 190 Å². The zero-order valence-electron chi connectivity index (χ0n) is 18.8. The quantitative estimate of drug-likeness (QED) is 0.604. The van der Waals surface area contributed by atoms with E-state index in [1.807, 2.05) is 60.8 Å². The van der Waals surface area contributed by atoms with Crippen molar-refractivity contribution in [1.82, 2.24) is 14.8 Å². The number of amides is 2. The Morgan fingerprint density at radius 1 is 1.03 bits per heavy atom. The van der Waals surface area contributed by atoms with Gasteiger partial charge in [0.15, 0.2) is 6.04 Å². The fraction of sp³-hybridized carbons (Fsp3) is 0.333. The zero-order chi connectivity index (χ0) is 22.5. The topological polar surface area (TPSA) is 54.3 Å². The number of nitrogens with zero attached hydrogens (tertiary/aromatic N) is 2. The predicted molar refractivity (Wildman–Crippen MR) is 126 cm³/mol. The van der Waals surface area contributed by atoms with Crippen LogP contribution in [0.25, 0.3) is 0 Å². The zero-order valence-corrected chi connectivity index (χ0v) is 18.8. The third-order valence-electron chi connectivity index (χ3n) is 6.06. The van der Waals surface area contributed by atoms with Gasteiger partial charge in [-0.25, -0.2) is 0 Å². The van der Waals surface area contributed by atoms with Crippen LogP contribution in [0.1, 0.15) is 53.5 Å². The van der Waals surface area contributed by atoms with Gasteiger partial charge in [0.2, 0.25) is 5.91 Å². The van der Waals surface area contributed by atoms with Crippen LogP contribution in [0.2, 0.25) is 0 Å². The summed E-state index contributed by atoms with van der Waals surface area (Å²) in [6.07, 6.45) is 3.58. The smallest absolute Gasteiger partial charge is 0.255 e. The third kappa shape index (κ3) is 4.77. The minimum Gasteiger partial charge on any atom is -0.354 e. The molecule has 5 nitrogen and oxygen atoms in total. The van der Waals surface area contributed by atoms with Gasteiger partial charge in [-0.05, 0) is 48.1 Å². The summed E-state index contributed by atoms with van der Waals surface area (Å²) in [6, 6.07) is 21.1. The molecule has 1 aliphatic rings. The van der Waals surface area contributed by atoms with E-state index in [0.717, 1.165) is 23.2 Å². The molecule has 3 aromatic rings. The molecule has 1 unspecified atom stereocenters. The lowest BCUT2D eigenvalue weighted by atomic mass is 10.00. The molecule has 1 aromatic heterocycles. The van der Waals surface area contributed by atoms with Crippen molar-refractivity contribution in [2.45, 2.75) is 39.3 Å². The van der Waals surface area contributed by atoms with Crippen LogP contribution in [0.15, 0.2) is 72.9 Å². The molecule has 1 N–H and O–H groups in total. The number of nitrogens with one attached hydrogen (secondary N) is 1. The number of aromatic nitrogens is 1. The minimum atomic E-state index is -0.665. The summed E-state index contributed by atoms with van der Waals surface area (Å²) < 4.78 is 2.09. The first-order chi connectivity index (χ1) is 15.5. The maximum atomic E-state index is 13.8. The number of carbonyl (C=O) groups is 2. The van der Waals surface area contributed by atoms with Crippen LogP contribution in [0, 0.1) is 5.92 Å². The van der Waals surface area contributed by atoms with Crippen LogP contribution in [0.4, 0.5) is 0 Å². The van der Waals surface area contributed by atoms with Crippen molar-refractivity contribution in [3.05, 3.63) is 95.3 Å². The summed E-state index contributed by atoms with van der Waals surface area (Å²) in [5.41, 5.74) is 3.63. The van der Waals surface area contributed by atoms with Crippen LogP contribution in [-0.4, -0.2) is 34.4 Å². The molecule has 0 aliphatic carbocycles. The van der Waals surface area contributed by atoms with Gasteiger partial charge in [0.1, 0.15) is 0 Å². The Kier molecular flexibility index (Phi) is 6.74. The van der Waals surface area contributed by atoms with Crippen LogP contribution in [-0.2, 0) is 17.8 Å². The first-order valence-electron chi connectivity index (χ1n) is 11.4. The van der Waals surface area contributed by atoms with Crippen molar-refractivity contribution in [1.29, 1.82) is 0 Å². The van der Waals surface area contributed by atoms with Crippen molar-refractivity contribution >= 4 is 11.8 Å². The molecule has 32 heavy (non-hydrogen) atoms. The predicted octanol–water partition coefficient (Wildman–Crippen LogP) is 4.44. The highest BCUT2D eigenvalue weighted by Crippen LogP contribution is 2.29. The van der Waals surface area contributed by atoms with Crippen LogP contribution in [0.3, 0.4) is 0 Å². The second kappa shape index (κ2) is 9.86. The number of hydrogen-bond acceptors (Lipinski definition) is 2. The molecule has 2 heterocycles. The minimum absolute atomic E-state index is 0.0898. The highest BCUT2D eigenvalue weighted by atomic mass is 16.2. The molecule has 1 aliphatic heterocycles. The van der Waals surface area contributed by atoms with Gasteiger partial charge >= 0.3 is 0 Å². The van der Waals surface area contributed by atoms with Crippen LogP contribution < -0.4 is 5.32 Å². The monoisotopic (exact) mass is 429 g/mol. The molecule has 1 atom stereocenters. The second-order valence-corrected chi connectivity index (χ2v) is 8.83. The molecule has 0 spiro atoms. The second-order valence-electron chi connectivity index (χ2n) is 8.83. The van der Waals surface area contributed by atoms with Gasteiger partial charge in [-0.3, -0.25) is 9.59 Å². The van der Waals surface area contributed by atoms with E-state index in [9.17, 15) is 9.59 Å². The summed E-state index contributed by atoms with van der Waals surface area (Å²) in [5, 5.41) is 3.09. The van der Waals surface area contributed by atoms with E-state index >= 15 is 0 Å². The average Bonchev–Trinajstić information content (AvgIpc) is 3.23. The first-order valence-corrected chi connectivity index (χ1v) is 11.4. The molecule has 0 bridgehead atoms. The standard InChI is InChI=1S/C27H31N3O2/c1-20(2)14-16-28-26(31)25-24-13-8-17-29(24)19-22-11-6-7-12-23(22)27(32)30(25)18-15-21-9-4-3-5-10-21/h3-13,17,20,25H,14-16,18-19H2,1-2H3,(H,28,31). The van der Waals surface area contributed by atoms with Crippen molar-refractivity contribution in [3.8, 4) is 0 Å². The maximum absolute atomic E-state index is 13.8. The molecule has 0 fully saturated rings.